The van der Waals surface area contributed by atoms with Crippen molar-refractivity contribution in [3.05, 3.63) is 35.4 Å². The molecule has 1 aliphatic heterocycles. The van der Waals surface area contributed by atoms with E-state index in [9.17, 15) is 9.90 Å². The van der Waals surface area contributed by atoms with Crippen molar-refractivity contribution in [1.82, 2.24) is 4.90 Å². The van der Waals surface area contributed by atoms with E-state index in [0.29, 0.717) is 5.92 Å². The first kappa shape index (κ1) is 14.9. The van der Waals surface area contributed by atoms with E-state index in [4.69, 9.17) is 0 Å². The first-order valence-corrected chi connectivity index (χ1v) is 9.05. The van der Waals surface area contributed by atoms with E-state index in [1.165, 1.54) is 31.2 Å². The minimum atomic E-state index is -0.726. The van der Waals surface area contributed by atoms with Crippen molar-refractivity contribution >= 4 is 17.7 Å². The van der Waals surface area contributed by atoms with Crippen molar-refractivity contribution in [2.24, 2.45) is 0 Å². The highest BCUT2D eigenvalue weighted by molar-refractivity contribution is 7.99. The number of aliphatic carboxylic acids is 1. The molecule has 1 unspecified atom stereocenters. The lowest BCUT2D eigenvalue weighted by Gasteiger charge is -2.32. The van der Waals surface area contributed by atoms with Crippen molar-refractivity contribution in [1.29, 1.82) is 0 Å². The zero-order valence-electron chi connectivity index (χ0n) is 12.3. The summed E-state index contributed by atoms with van der Waals surface area (Å²) in [5, 5.41) is 9.61. The van der Waals surface area contributed by atoms with E-state index in [1.54, 1.807) is 0 Å². The maximum Gasteiger partial charge on any atom is 0.325 e. The van der Waals surface area contributed by atoms with Gasteiger partial charge in [0.1, 0.15) is 6.04 Å². The Kier molecular flexibility index (Phi) is 4.86. The first-order valence-electron chi connectivity index (χ1n) is 7.90. The number of hydrogen-bond acceptors (Lipinski definition) is 3. The van der Waals surface area contributed by atoms with Crippen LogP contribution in [0, 0.1) is 0 Å². The second kappa shape index (κ2) is 6.84. The number of rotatable bonds is 4. The Labute approximate surface area is 130 Å². The van der Waals surface area contributed by atoms with Crippen molar-refractivity contribution in [3.8, 4) is 0 Å². The van der Waals surface area contributed by atoms with Gasteiger partial charge in [-0.15, -0.1) is 0 Å². The Hall–Kier alpha value is -1.00. The Balaban J connectivity index is 1.77. The van der Waals surface area contributed by atoms with Gasteiger partial charge in [-0.1, -0.05) is 37.1 Å². The fourth-order valence-electron chi connectivity index (χ4n) is 3.55. The second-order valence-electron chi connectivity index (χ2n) is 6.04. The van der Waals surface area contributed by atoms with Gasteiger partial charge in [0.2, 0.25) is 0 Å². The topological polar surface area (TPSA) is 40.5 Å². The summed E-state index contributed by atoms with van der Waals surface area (Å²) in [6.07, 6.45) is 5.22. The molecule has 0 bridgehead atoms. The molecule has 1 aromatic carbocycles. The molecular weight excluding hydrogens is 282 g/mol. The van der Waals surface area contributed by atoms with Gasteiger partial charge in [-0.2, -0.15) is 11.8 Å². The van der Waals surface area contributed by atoms with Crippen LogP contribution in [0.25, 0.3) is 0 Å². The fourth-order valence-corrected chi connectivity index (χ4v) is 4.49. The van der Waals surface area contributed by atoms with Gasteiger partial charge in [0.05, 0.1) is 0 Å². The molecule has 1 atom stereocenters. The summed E-state index contributed by atoms with van der Waals surface area (Å²) < 4.78 is 0. The highest BCUT2D eigenvalue weighted by Gasteiger charge is 2.28. The summed E-state index contributed by atoms with van der Waals surface area (Å²) >= 11 is 1.91. The van der Waals surface area contributed by atoms with E-state index < -0.39 is 12.0 Å². The van der Waals surface area contributed by atoms with Crippen molar-refractivity contribution in [2.45, 2.75) is 37.6 Å². The van der Waals surface area contributed by atoms with Gasteiger partial charge in [-0.3, -0.25) is 9.69 Å². The van der Waals surface area contributed by atoms with Gasteiger partial charge in [-0.05, 0) is 29.9 Å². The molecular formula is C17H23NO2S. The van der Waals surface area contributed by atoms with Crippen LogP contribution in [-0.4, -0.2) is 40.6 Å². The third-order valence-electron chi connectivity index (χ3n) is 4.72. The second-order valence-corrected chi connectivity index (χ2v) is 7.26. The molecule has 2 aliphatic rings. The average Bonchev–Trinajstić information content (AvgIpc) is 3.03. The quantitative estimate of drug-likeness (QED) is 0.924. The molecule has 2 fully saturated rings. The molecule has 3 nitrogen and oxygen atoms in total. The van der Waals surface area contributed by atoms with E-state index in [2.05, 4.69) is 17.0 Å². The predicted molar refractivity (Wildman–Crippen MR) is 86.9 cm³/mol. The Morgan fingerprint density at radius 2 is 1.76 bits per heavy atom. The third kappa shape index (κ3) is 3.43. The predicted octanol–water partition coefficient (Wildman–Crippen LogP) is 3.52. The van der Waals surface area contributed by atoms with Gasteiger partial charge >= 0.3 is 5.97 Å². The van der Waals surface area contributed by atoms with E-state index >= 15 is 0 Å². The largest absolute Gasteiger partial charge is 0.480 e. The number of benzene rings is 1. The van der Waals surface area contributed by atoms with Gasteiger partial charge in [-0.25, -0.2) is 0 Å². The molecule has 0 aromatic heterocycles. The first-order chi connectivity index (χ1) is 10.3. The summed E-state index contributed by atoms with van der Waals surface area (Å²) in [5.74, 6) is 2.03. The monoisotopic (exact) mass is 305 g/mol. The van der Waals surface area contributed by atoms with Crippen LogP contribution in [0.15, 0.2) is 24.3 Å². The molecule has 114 valence electrons. The standard InChI is InChI=1S/C17H23NO2S/c19-17(20)16(18-9-11-21-12-10-18)15-7-5-14(6-8-15)13-3-1-2-4-13/h5-8,13,16H,1-4,9-12H2,(H,19,20). The molecule has 0 radical (unpaired) electrons. The number of carbonyl (C=O) groups is 1. The number of nitrogens with zero attached hydrogens (tertiary/aromatic N) is 1. The molecule has 1 aliphatic carbocycles. The zero-order chi connectivity index (χ0) is 14.7. The average molecular weight is 305 g/mol. The van der Waals surface area contributed by atoms with Crippen LogP contribution in [0.5, 0.6) is 0 Å². The summed E-state index contributed by atoms with van der Waals surface area (Å²) in [4.78, 5) is 13.8. The molecule has 4 heteroatoms. The summed E-state index contributed by atoms with van der Waals surface area (Å²) in [6.45, 7) is 1.73. The lowest BCUT2D eigenvalue weighted by atomic mass is 9.95. The lowest BCUT2D eigenvalue weighted by molar-refractivity contribution is -0.143. The Bertz CT molecular complexity index is 476. The lowest BCUT2D eigenvalue weighted by Crippen LogP contribution is -2.39. The Morgan fingerprint density at radius 3 is 2.33 bits per heavy atom. The zero-order valence-corrected chi connectivity index (χ0v) is 13.1. The third-order valence-corrected chi connectivity index (χ3v) is 5.67. The normalized spacial score (nSPS) is 22.3. The van der Waals surface area contributed by atoms with Gasteiger partial charge in [0, 0.05) is 24.6 Å². The summed E-state index contributed by atoms with van der Waals surface area (Å²) in [6, 6.07) is 7.89. The molecule has 0 spiro atoms. The molecule has 1 heterocycles. The van der Waals surface area contributed by atoms with E-state index in [1.807, 2.05) is 23.9 Å². The molecule has 21 heavy (non-hydrogen) atoms. The summed E-state index contributed by atoms with van der Waals surface area (Å²) in [7, 11) is 0. The van der Waals surface area contributed by atoms with Gasteiger partial charge < -0.3 is 5.11 Å². The van der Waals surface area contributed by atoms with E-state index in [0.717, 1.165) is 30.2 Å². The number of hydrogen-bond donors (Lipinski definition) is 1. The minimum absolute atomic E-state index is 0.483. The molecule has 1 saturated carbocycles. The number of carboxylic acids is 1. The van der Waals surface area contributed by atoms with Crippen LogP contribution in [0.2, 0.25) is 0 Å². The van der Waals surface area contributed by atoms with Crippen LogP contribution < -0.4 is 0 Å². The molecule has 0 amide bonds. The molecule has 1 saturated heterocycles. The van der Waals surface area contributed by atoms with Crippen molar-refractivity contribution in [3.63, 3.8) is 0 Å². The minimum Gasteiger partial charge on any atom is -0.480 e. The number of thioether (sulfide) groups is 1. The van der Waals surface area contributed by atoms with E-state index in [-0.39, 0.29) is 0 Å². The fraction of sp³-hybridized carbons (Fsp3) is 0.588. The molecule has 3 rings (SSSR count). The maximum atomic E-state index is 11.7. The van der Waals surface area contributed by atoms with Crippen molar-refractivity contribution in [2.75, 3.05) is 24.6 Å². The van der Waals surface area contributed by atoms with Gasteiger partial charge in [0.15, 0.2) is 0 Å². The van der Waals surface area contributed by atoms with Crippen molar-refractivity contribution < 1.29 is 9.90 Å². The highest BCUT2D eigenvalue weighted by atomic mass is 32.2. The van der Waals surface area contributed by atoms with Gasteiger partial charge in [0.25, 0.3) is 0 Å². The molecule has 1 aromatic rings. The smallest absolute Gasteiger partial charge is 0.325 e. The highest BCUT2D eigenvalue weighted by Crippen LogP contribution is 2.35. The maximum absolute atomic E-state index is 11.7. The van der Waals surface area contributed by atoms with Crippen LogP contribution in [0.4, 0.5) is 0 Å². The SMILES string of the molecule is O=C(O)C(c1ccc(C2CCCC2)cc1)N1CCSCC1. The molecule has 1 N–H and O–H groups in total. The Morgan fingerprint density at radius 1 is 1.14 bits per heavy atom. The van der Waals surface area contributed by atoms with Crippen LogP contribution >= 0.6 is 11.8 Å². The number of carboxylic acid groups (broad SMARTS) is 1. The van der Waals surface area contributed by atoms with Crippen LogP contribution in [0.1, 0.15) is 48.8 Å². The van der Waals surface area contributed by atoms with Crippen LogP contribution in [0.3, 0.4) is 0 Å². The van der Waals surface area contributed by atoms with Crippen LogP contribution in [-0.2, 0) is 4.79 Å². The summed E-state index contributed by atoms with van der Waals surface area (Å²) in [5.41, 5.74) is 2.31.